The van der Waals surface area contributed by atoms with E-state index in [1.54, 1.807) is 12.3 Å². The lowest BCUT2D eigenvalue weighted by Gasteiger charge is -2.11. The highest BCUT2D eigenvalue weighted by Gasteiger charge is 2.13. The highest BCUT2D eigenvalue weighted by atomic mass is 16.6. The molecule has 0 aliphatic carbocycles. The molecular formula is C13H16N4O3. The van der Waals surface area contributed by atoms with Gasteiger partial charge in [-0.3, -0.25) is 19.6 Å². The lowest BCUT2D eigenvalue weighted by molar-refractivity contribution is -0.384. The molecule has 2 rings (SSSR count). The number of aromatic nitrogens is 2. The first-order chi connectivity index (χ1) is 9.51. The summed E-state index contributed by atoms with van der Waals surface area (Å²) in [6, 6.07) is 4.58. The fraction of sp³-hybridized carbons (Fsp3) is 0.385. The van der Waals surface area contributed by atoms with Crippen LogP contribution < -0.4 is 5.32 Å². The molecule has 2 aromatic rings. The Bertz CT molecular complexity index is 650. The maximum atomic E-state index is 11.8. The molecule has 0 aliphatic rings. The monoisotopic (exact) mass is 276 g/mol. The van der Waals surface area contributed by atoms with Crippen LogP contribution in [-0.2, 0) is 11.3 Å². The zero-order valence-electron chi connectivity index (χ0n) is 11.4. The van der Waals surface area contributed by atoms with Crippen molar-refractivity contribution in [2.45, 2.75) is 32.9 Å². The van der Waals surface area contributed by atoms with Crippen LogP contribution in [0.25, 0.3) is 10.9 Å². The number of carbonyl (C=O) groups is 1. The van der Waals surface area contributed by atoms with Crippen LogP contribution in [0.4, 0.5) is 5.69 Å². The van der Waals surface area contributed by atoms with Gasteiger partial charge in [0, 0.05) is 23.6 Å². The Labute approximate surface area is 115 Å². The van der Waals surface area contributed by atoms with Gasteiger partial charge in [-0.1, -0.05) is 6.92 Å². The maximum Gasteiger partial charge on any atom is 0.271 e. The molecule has 7 heteroatoms. The second kappa shape index (κ2) is 5.68. The summed E-state index contributed by atoms with van der Waals surface area (Å²) in [5.74, 6) is -0.157. The smallest absolute Gasteiger partial charge is 0.271 e. The minimum atomic E-state index is -0.462. The van der Waals surface area contributed by atoms with Crippen LogP contribution in [0.15, 0.2) is 24.4 Å². The van der Waals surface area contributed by atoms with Crippen LogP contribution in [0, 0.1) is 10.1 Å². The molecule has 1 aromatic heterocycles. The fourth-order valence-electron chi connectivity index (χ4n) is 1.86. The highest BCUT2D eigenvalue weighted by molar-refractivity contribution is 5.83. The third-order valence-electron chi connectivity index (χ3n) is 3.15. The Balaban J connectivity index is 2.24. The molecule has 1 amide bonds. The number of non-ortho nitro benzene ring substituents is 1. The molecule has 0 spiro atoms. The molecule has 0 fully saturated rings. The predicted molar refractivity (Wildman–Crippen MR) is 74.3 cm³/mol. The van der Waals surface area contributed by atoms with E-state index < -0.39 is 4.92 Å². The number of nitrogens with one attached hydrogen (secondary N) is 1. The molecule has 1 heterocycles. The quantitative estimate of drug-likeness (QED) is 0.666. The molecule has 1 atom stereocenters. The minimum Gasteiger partial charge on any atom is -0.352 e. The Morgan fingerprint density at radius 2 is 2.30 bits per heavy atom. The SMILES string of the molecule is CC[C@@H](C)NC(=O)Cn1ncc2ccc([N+](=O)[O-])cc21. The van der Waals surface area contributed by atoms with Gasteiger partial charge in [0.25, 0.3) is 5.69 Å². The molecule has 0 radical (unpaired) electrons. The molecule has 0 unspecified atom stereocenters. The molecule has 0 bridgehead atoms. The van der Waals surface area contributed by atoms with Gasteiger partial charge in [0.15, 0.2) is 0 Å². The van der Waals surface area contributed by atoms with Crippen LogP contribution in [-0.4, -0.2) is 26.7 Å². The Hall–Kier alpha value is -2.44. The van der Waals surface area contributed by atoms with E-state index in [0.717, 1.165) is 11.8 Å². The van der Waals surface area contributed by atoms with Gasteiger partial charge in [0.05, 0.1) is 16.6 Å². The zero-order valence-corrected chi connectivity index (χ0v) is 11.4. The molecule has 7 nitrogen and oxygen atoms in total. The standard InChI is InChI=1S/C13H16N4O3/c1-3-9(2)15-13(18)8-16-12-6-11(17(19)20)5-4-10(12)7-14-16/h4-7,9H,3,8H2,1-2H3,(H,15,18)/t9-/m1/s1. The van der Waals surface area contributed by atoms with Crippen molar-refractivity contribution in [1.29, 1.82) is 0 Å². The molecule has 0 saturated heterocycles. The summed E-state index contributed by atoms with van der Waals surface area (Å²) in [5, 5.41) is 18.5. The number of nitro groups is 1. The number of rotatable bonds is 5. The van der Waals surface area contributed by atoms with E-state index in [-0.39, 0.29) is 24.2 Å². The predicted octanol–water partition coefficient (Wildman–Crippen LogP) is 1.86. The Kier molecular flexibility index (Phi) is 3.97. The van der Waals surface area contributed by atoms with E-state index in [0.29, 0.717) is 5.52 Å². The van der Waals surface area contributed by atoms with Crippen molar-refractivity contribution in [3.05, 3.63) is 34.5 Å². The van der Waals surface area contributed by atoms with Gasteiger partial charge in [-0.05, 0) is 19.4 Å². The van der Waals surface area contributed by atoms with E-state index in [2.05, 4.69) is 10.4 Å². The normalized spacial score (nSPS) is 12.3. The van der Waals surface area contributed by atoms with Crippen molar-refractivity contribution < 1.29 is 9.72 Å². The lowest BCUT2D eigenvalue weighted by Crippen LogP contribution is -2.34. The summed E-state index contributed by atoms with van der Waals surface area (Å²) in [6.07, 6.45) is 2.44. The molecule has 1 N–H and O–H groups in total. The average Bonchev–Trinajstić information content (AvgIpc) is 2.80. The topological polar surface area (TPSA) is 90.1 Å². The molecule has 20 heavy (non-hydrogen) atoms. The van der Waals surface area contributed by atoms with E-state index >= 15 is 0 Å². The Morgan fingerprint density at radius 1 is 1.55 bits per heavy atom. The van der Waals surface area contributed by atoms with E-state index in [9.17, 15) is 14.9 Å². The lowest BCUT2D eigenvalue weighted by atomic mass is 10.2. The van der Waals surface area contributed by atoms with Crippen LogP contribution in [0.5, 0.6) is 0 Å². The third kappa shape index (κ3) is 2.93. The van der Waals surface area contributed by atoms with Crippen molar-refractivity contribution in [2.24, 2.45) is 0 Å². The van der Waals surface area contributed by atoms with Crippen molar-refractivity contribution in [1.82, 2.24) is 15.1 Å². The van der Waals surface area contributed by atoms with Crippen molar-refractivity contribution in [3.63, 3.8) is 0 Å². The van der Waals surface area contributed by atoms with Crippen LogP contribution >= 0.6 is 0 Å². The first-order valence-electron chi connectivity index (χ1n) is 6.40. The first-order valence-corrected chi connectivity index (χ1v) is 6.40. The maximum absolute atomic E-state index is 11.8. The summed E-state index contributed by atoms with van der Waals surface area (Å²) in [4.78, 5) is 22.2. The number of benzene rings is 1. The zero-order chi connectivity index (χ0) is 14.7. The molecule has 0 saturated carbocycles. The Morgan fingerprint density at radius 3 is 2.95 bits per heavy atom. The fourth-order valence-corrected chi connectivity index (χ4v) is 1.86. The number of nitrogens with zero attached hydrogens (tertiary/aromatic N) is 3. The molecule has 0 aliphatic heterocycles. The van der Waals surface area contributed by atoms with Gasteiger partial charge in [-0.15, -0.1) is 0 Å². The van der Waals surface area contributed by atoms with E-state index in [4.69, 9.17) is 0 Å². The highest BCUT2D eigenvalue weighted by Crippen LogP contribution is 2.20. The van der Waals surface area contributed by atoms with E-state index in [1.165, 1.54) is 16.8 Å². The summed E-state index contributed by atoms with van der Waals surface area (Å²) in [7, 11) is 0. The number of nitro benzene ring substituents is 1. The van der Waals surface area contributed by atoms with Gasteiger partial charge in [-0.25, -0.2) is 0 Å². The number of hydrogen-bond donors (Lipinski definition) is 1. The molecule has 106 valence electrons. The largest absolute Gasteiger partial charge is 0.352 e. The summed E-state index contributed by atoms with van der Waals surface area (Å²) >= 11 is 0. The van der Waals surface area contributed by atoms with Crippen molar-refractivity contribution in [2.75, 3.05) is 0 Å². The van der Waals surface area contributed by atoms with Gasteiger partial charge >= 0.3 is 0 Å². The van der Waals surface area contributed by atoms with Crippen molar-refractivity contribution >= 4 is 22.5 Å². The van der Waals surface area contributed by atoms with Crippen LogP contribution in [0.1, 0.15) is 20.3 Å². The molecule has 1 aromatic carbocycles. The van der Waals surface area contributed by atoms with Gasteiger partial charge in [-0.2, -0.15) is 5.10 Å². The van der Waals surface area contributed by atoms with Gasteiger partial charge in [0.1, 0.15) is 6.54 Å². The number of amides is 1. The summed E-state index contributed by atoms with van der Waals surface area (Å²) in [5.41, 5.74) is 0.570. The number of carbonyl (C=O) groups excluding carboxylic acids is 1. The second-order valence-corrected chi connectivity index (χ2v) is 4.68. The van der Waals surface area contributed by atoms with Gasteiger partial charge < -0.3 is 5.32 Å². The van der Waals surface area contributed by atoms with E-state index in [1.807, 2.05) is 13.8 Å². The number of fused-ring (bicyclic) bond motifs is 1. The average molecular weight is 276 g/mol. The molecular weight excluding hydrogens is 260 g/mol. The number of hydrogen-bond acceptors (Lipinski definition) is 4. The first kappa shape index (κ1) is 14.0. The third-order valence-corrected chi connectivity index (χ3v) is 3.15. The van der Waals surface area contributed by atoms with Crippen molar-refractivity contribution in [3.8, 4) is 0 Å². The summed E-state index contributed by atoms with van der Waals surface area (Å²) in [6.45, 7) is 3.95. The summed E-state index contributed by atoms with van der Waals surface area (Å²) < 4.78 is 1.47. The van der Waals surface area contributed by atoms with Crippen LogP contribution in [0.3, 0.4) is 0 Å². The van der Waals surface area contributed by atoms with Gasteiger partial charge in [0.2, 0.25) is 5.91 Å². The second-order valence-electron chi connectivity index (χ2n) is 4.68. The van der Waals surface area contributed by atoms with Crippen LogP contribution in [0.2, 0.25) is 0 Å². The minimum absolute atomic E-state index is 0.0124.